The van der Waals surface area contributed by atoms with Crippen LogP contribution in [0.25, 0.3) is 0 Å². The predicted octanol–water partition coefficient (Wildman–Crippen LogP) is 2.90. The number of pyridine rings is 1. The van der Waals surface area contributed by atoms with Crippen molar-refractivity contribution in [3.63, 3.8) is 0 Å². The van der Waals surface area contributed by atoms with Crippen molar-refractivity contribution in [3.05, 3.63) is 53.7 Å². The van der Waals surface area contributed by atoms with E-state index in [0.29, 0.717) is 5.88 Å². The lowest BCUT2D eigenvalue weighted by atomic mass is 10.2. The third-order valence-corrected chi connectivity index (χ3v) is 2.39. The largest absolute Gasteiger partial charge is 0.439 e. The van der Waals surface area contributed by atoms with E-state index < -0.39 is 0 Å². The molecule has 3 heteroatoms. The van der Waals surface area contributed by atoms with Crippen LogP contribution in [0.15, 0.2) is 42.6 Å². The van der Waals surface area contributed by atoms with Crippen LogP contribution in [0.1, 0.15) is 11.1 Å². The molecule has 1 aromatic carbocycles. The standard InChI is InChI=1S/C14H16N2O/c1-11-6-7-16-14(8-11)17-13-5-3-4-12(9-13)10-15-2/h3-9,15H,10H2,1-2H3. The Morgan fingerprint density at radius 3 is 2.88 bits per heavy atom. The molecule has 0 saturated heterocycles. The van der Waals surface area contributed by atoms with E-state index in [4.69, 9.17) is 4.74 Å². The van der Waals surface area contributed by atoms with E-state index in [0.717, 1.165) is 17.9 Å². The highest BCUT2D eigenvalue weighted by Gasteiger charge is 2.00. The monoisotopic (exact) mass is 228 g/mol. The van der Waals surface area contributed by atoms with Gasteiger partial charge in [0.15, 0.2) is 0 Å². The van der Waals surface area contributed by atoms with Gasteiger partial charge in [0.2, 0.25) is 5.88 Å². The molecule has 0 radical (unpaired) electrons. The number of benzene rings is 1. The van der Waals surface area contributed by atoms with Gasteiger partial charge >= 0.3 is 0 Å². The Hall–Kier alpha value is -1.87. The van der Waals surface area contributed by atoms with Crippen LogP contribution in [0.5, 0.6) is 11.6 Å². The summed E-state index contributed by atoms with van der Waals surface area (Å²) in [6.07, 6.45) is 1.75. The highest BCUT2D eigenvalue weighted by atomic mass is 16.5. The van der Waals surface area contributed by atoms with Crippen LogP contribution in [-0.4, -0.2) is 12.0 Å². The third kappa shape index (κ3) is 3.29. The van der Waals surface area contributed by atoms with E-state index in [9.17, 15) is 0 Å². The van der Waals surface area contributed by atoms with Gasteiger partial charge in [-0.1, -0.05) is 12.1 Å². The molecule has 0 amide bonds. The summed E-state index contributed by atoms with van der Waals surface area (Å²) in [4.78, 5) is 4.17. The van der Waals surface area contributed by atoms with Crippen LogP contribution < -0.4 is 10.1 Å². The molecule has 17 heavy (non-hydrogen) atoms. The number of hydrogen-bond donors (Lipinski definition) is 1. The van der Waals surface area contributed by atoms with Crippen LogP contribution in [0.4, 0.5) is 0 Å². The van der Waals surface area contributed by atoms with E-state index in [1.165, 1.54) is 5.56 Å². The third-order valence-electron chi connectivity index (χ3n) is 2.39. The van der Waals surface area contributed by atoms with E-state index in [2.05, 4.69) is 16.4 Å². The van der Waals surface area contributed by atoms with Crippen molar-refractivity contribution in [1.29, 1.82) is 0 Å². The first-order valence-corrected chi connectivity index (χ1v) is 5.62. The normalized spacial score (nSPS) is 10.2. The zero-order chi connectivity index (χ0) is 12.1. The maximum atomic E-state index is 5.71. The van der Waals surface area contributed by atoms with Crippen molar-refractivity contribution in [2.45, 2.75) is 13.5 Å². The summed E-state index contributed by atoms with van der Waals surface area (Å²) in [5.74, 6) is 1.45. The summed E-state index contributed by atoms with van der Waals surface area (Å²) in [5, 5.41) is 3.11. The highest BCUT2D eigenvalue weighted by molar-refractivity contribution is 5.32. The second-order valence-electron chi connectivity index (χ2n) is 3.95. The fourth-order valence-electron chi connectivity index (χ4n) is 1.61. The van der Waals surface area contributed by atoms with Gasteiger partial charge in [-0.05, 0) is 43.3 Å². The molecular weight excluding hydrogens is 212 g/mol. The molecule has 0 fully saturated rings. The summed E-state index contributed by atoms with van der Waals surface area (Å²) in [6.45, 7) is 2.85. The minimum absolute atomic E-state index is 0.631. The molecule has 0 unspecified atom stereocenters. The number of hydrogen-bond acceptors (Lipinski definition) is 3. The van der Waals surface area contributed by atoms with Gasteiger partial charge in [0.05, 0.1) is 0 Å². The minimum Gasteiger partial charge on any atom is -0.439 e. The van der Waals surface area contributed by atoms with E-state index in [1.807, 2.05) is 44.3 Å². The molecule has 1 aromatic heterocycles. The number of nitrogens with zero attached hydrogens (tertiary/aromatic N) is 1. The SMILES string of the molecule is CNCc1cccc(Oc2cc(C)ccn2)c1. The Morgan fingerprint density at radius 2 is 2.12 bits per heavy atom. The van der Waals surface area contributed by atoms with Crippen LogP contribution in [0, 0.1) is 6.92 Å². The van der Waals surface area contributed by atoms with Crippen molar-refractivity contribution >= 4 is 0 Å². The number of aryl methyl sites for hydroxylation is 1. The quantitative estimate of drug-likeness (QED) is 0.873. The van der Waals surface area contributed by atoms with Crippen molar-refractivity contribution in [3.8, 4) is 11.6 Å². The van der Waals surface area contributed by atoms with Crippen molar-refractivity contribution in [1.82, 2.24) is 10.3 Å². The Balaban J connectivity index is 2.15. The summed E-state index contributed by atoms with van der Waals surface area (Å²) < 4.78 is 5.71. The lowest BCUT2D eigenvalue weighted by molar-refractivity contribution is 0.461. The van der Waals surface area contributed by atoms with E-state index >= 15 is 0 Å². The lowest BCUT2D eigenvalue weighted by Crippen LogP contribution is -2.04. The van der Waals surface area contributed by atoms with Crippen LogP contribution in [0.3, 0.4) is 0 Å². The van der Waals surface area contributed by atoms with E-state index in [1.54, 1.807) is 6.20 Å². The molecule has 0 aliphatic carbocycles. The molecule has 1 N–H and O–H groups in total. The Morgan fingerprint density at radius 1 is 1.24 bits per heavy atom. The molecule has 1 heterocycles. The van der Waals surface area contributed by atoms with Gasteiger partial charge in [-0.3, -0.25) is 0 Å². The van der Waals surface area contributed by atoms with Gasteiger partial charge in [-0.2, -0.15) is 0 Å². The van der Waals surface area contributed by atoms with Gasteiger partial charge in [-0.25, -0.2) is 4.98 Å². The zero-order valence-corrected chi connectivity index (χ0v) is 10.1. The number of rotatable bonds is 4. The van der Waals surface area contributed by atoms with Gasteiger partial charge in [0, 0.05) is 18.8 Å². The van der Waals surface area contributed by atoms with E-state index in [-0.39, 0.29) is 0 Å². The first-order valence-electron chi connectivity index (χ1n) is 5.62. The molecule has 0 saturated carbocycles. The molecule has 0 bridgehead atoms. The average Bonchev–Trinajstić information content (AvgIpc) is 2.30. The van der Waals surface area contributed by atoms with Crippen molar-refractivity contribution in [2.75, 3.05) is 7.05 Å². The molecule has 0 aliphatic rings. The van der Waals surface area contributed by atoms with Gasteiger partial charge in [0.1, 0.15) is 5.75 Å². The van der Waals surface area contributed by atoms with Crippen molar-refractivity contribution < 1.29 is 4.74 Å². The number of nitrogens with one attached hydrogen (secondary N) is 1. The fourth-order valence-corrected chi connectivity index (χ4v) is 1.61. The first kappa shape index (κ1) is 11.6. The topological polar surface area (TPSA) is 34.1 Å². The first-order chi connectivity index (χ1) is 8.28. The summed E-state index contributed by atoms with van der Waals surface area (Å²) in [7, 11) is 1.93. The average molecular weight is 228 g/mol. The van der Waals surface area contributed by atoms with Crippen molar-refractivity contribution in [2.24, 2.45) is 0 Å². The Bertz CT molecular complexity index is 497. The smallest absolute Gasteiger partial charge is 0.219 e. The maximum Gasteiger partial charge on any atom is 0.219 e. The number of aromatic nitrogens is 1. The zero-order valence-electron chi connectivity index (χ0n) is 10.1. The predicted molar refractivity (Wildman–Crippen MR) is 68.3 cm³/mol. The summed E-state index contributed by atoms with van der Waals surface area (Å²) in [6, 6.07) is 11.9. The maximum absolute atomic E-state index is 5.71. The second-order valence-corrected chi connectivity index (χ2v) is 3.95. The molecule has 0 atom stereocenters. The molecule has 88 valence electrons. The second kappa shape index (κ2) is 5.46. The molecule has 0 spiro atoms. The molecule has 0 aliphatic heterocycles. The molecular formula is C14H16N2O. The Labute approximate surface area is 101 Å². The molecule has 2 aromatic rings. The summed E-state index contributed by atoms with van der Waals surface area (Å²) in [5.41, 5.74) is 2.33. The van der Waals surface area contributed by atoms with Crippen LogP contribution in [0.2, 0.25) is 0 Å². The lowest BCUT2D eigenvalue weighted by Gasteiger charge is -2.07. The van der Waals surface area contributed by atoms with Crippen LogP contribution in [-0.2, 0) is 6.54 Å². The highest BCUT2D eigenvalue weighted by Crippen LogP contribution is 2.20. The van der Waals surface area contributed by atoms with Gasteiger partial charge in [-0.15, -0.1) is 0 Å². The van der Waals surface area contributed by atoms with Crippen LogP contribution >= 0.6 is 0 Å². The minimum atomic E-state index is 0.631. The summed E-state index contributed by atoms with van der Waals surface area (Å²) >= 11 is 0. The molecule has 3 nitrogen and oxygen atoms in total. The fraction of sp³-hybridized carbons (Fsp3) is 0.214. The number of ether oxygens (including phenoxy) is 1. The molecule has 2 rings (SSSR count). The van der Waals surface area contributed by atoms with Gasteiger partial charge in [0.25, 0.3) is 0 Å². The Kier molecular flexibility index (Phi) is 3.73. The van der Waals surface area contributed by atoms with Gasteiger partial charge < -0.3 is 10.1 Å².